The third-order valence-corrected chi connectivity index (χ3v) is 5.37. The van der Waals surface area contributed by atoms with E-state index >= 15 is 0 Å². The predicted octanol–water partition coefficient (Wildman–Crippen LogP) is 4.06. The van der Waals surface area contributed by atoms with Gasteiger partial charge in [0.2, 0.25) is 5.91 Å². The number of hydrogen-bond donors (Lipinski definition) is 1. The molecule has 1 fully saturated rings. The minimum absolute atomic E-state index is 0.0746. The quantitative estimate of drug-likeness (QED) is 0.706. The number of hydrogen-bond acceptors (Lipinski definition) is 4. The highest BCUT2D eigenvalue weighted by Crippen LogP contribution is 2.33. The highest BCUT2D eigenvalue weighted by Gasteiger charge is 2.26. The van der Waals surface area contributed by atoms with Crippen LogP contribution in [-0.4, -0.2) is 27.4 Å². The third-order valence-electron chi connectivity index (χ3n) is 4.28. The van der Waals surface area contributed by atoms with Crippen molar-refractivity contribution >= 4 is 28.4 Å². The molecule has 126 valence electrons. The summed E-state index contributed by atoms with van der Waals surface area (Å²) in [7, 11) is 0. The normalized spacial score (nSPS) is 15.1. The van der Waals surface area contributed by atoms with Crippen molar-refractivity contribution in [2.24, 2.45) is 0 Å². The zero-order chi connectivity index (χ0) is 17.2. The fourth-order valence-electron chi connectivity index (χ4n) is 2.74. The van der Waals surface area contributed by atoms with E-state index in [1.807, 2.05) is 55.5 Å². The van der Waals surface area contributed by atoms with Crippen molar-refractivity contribution in [3.63, 3.8) is 0 Å². The first kappa shape index (κ1) is 16.1. The van der Waals surface area contributed by atoms with Gasteiger partial charge in [0.1, 0.15) is 10.7 Å². The summed E-state index contributed by atoms with van der Waals surface area (Å²) in [5.41, 5.74) is 1.91. The van der Waals surface area contributed by atoms with Crippen LogP contribution in [0.4, 0.5) is 0 Å². The van der Waals surface area contributed by atoms with Crippen LogP contribution in [0.15, 0.2) is 59.6 Å². The fourth-order valence-corrected chi connectivity index (χ4v) is 3.65. The fraction of sp³-hybridized carbons (Fsp3) is 0.250. The Morgan fingerprint density at radius 2 is 1.72 bits per heavy atom. The molecule has 4 rings (SSSR count). The van der Waals surface area contributed by atoms with E-state index in [-0.39, 0.29) is 11.2 Å². The lowest BCUT2D eigenvalue weighted by Crippen LogP contribution is -2.32. The van der Waals surface area contributed by atoms with Gasteiger partial charge in [-0.2, -0.15) is 0 Å². The number of amides is 1. The second kappa shape index (κ2) is 6.84. The van der Waals surface area contributed by atoms with Crippen molar-refractivity contribution in [1.82, 2.24) is 15.5 Å². The first-order valence-electron chi connectivity index (χ1n) is 8.50. The molecule has 0 saturated heterocycles. The maximum Gasteiger partial charge on any atom is 0.233 e. The van der Waals surface area contributed by atoms with Gasteiger partial charge in [0.05, 0.1) is 5.25 Å². The van der Waals surface area contributed by atoms with Gasteiger partial charge in [-0.05, 0) is 19.8 Å². The number of aromatic nitrogens is 2. The predicted molar refractivity (Wildman–Crippen MR) is 101 cm³/mol. The van der Waals surface area contributed by atoms with Gasteiger partial charge in [-0.3, -0.25) is 4.79 Å². The standard InChI is InChI=1S/C20H19N3OS/c1-13(19(24)21-15-11-12-15)25-20-17-10-6-5-9-16(17)18(22-23-20)14-7-3-2-4-8-14/h2-10,13,15H,11-12H2,1H3,(H,21,24). The molecule has 25 heavy (non-hydrogen) atoms. The maximum absolute atomic E-state index is 12.2. The number of nitrogens with one attached hydrogen (secondary N) is 1. The average Bonchev–Trinajstić information content (AvgIpc) is 3.46. The van der Waals surface area contributed by atoms with Crippen molar-refractivity contribution in [3.05, 3.63) is 54.6 Å². The second-order valence-electron chi connectivity index (χ2n) is 6.31. The Bertz CT molecular complexity index is 909. The molecule has 5 heteroatoms. The number of carbonyl (C=O) groups is 1. The van der Waals surface area contributed by atoms with Crippen LogP contribution in [0.25, 0.3) is 22.0 Å². The summed E-state index contributed by atoms with van der Waals surface area (Å²) in [6.07, 6.45) is 2.19. The molecule has 1 amide bonds. The maximum atomic E-state index is 12.2. The number of rotatable bonds is 5. The van der Waals surface area contributed by atoms with Crippen LogP contribution in [0.2, 0.25) is 0 Å². The Morgan fingerprint density at radius 1 is 1.04 bits per heavy atom. The summed E-state index contributed by atoms with van der Waals surface area (Å²) in [5.74, 6) is 0.0746. The van der Waals surface area contributed by atoms with E-state index in [1.165, 1.54) is 11.8 Å². The van der Waals surface area contributed by atoms with Crippen LogP contribution in [0, 0.1) is 0 Å². The summed E-state index contributed by atoms with van der Waals surface area (Å²) >= 11 is 1.47. The van der Waals surface area contributed by atoms with Crippen molar-refractivity contribution in [1.29, 1.82) is 0 Å². The first-order chi connectivity index (χ1) is 12.2. The van der Waals surface area contributed by atoms with Crippen LogP contribution in [-0.2, 0) is 4.79 Å². The third kappa shape index (κ3) is 3.51. The Kier molecular flexibility index (Phi) is 4.40. The highest BCUT2D eigenvalue weighted by atomic mass is 32.2. The molecule has 0 spiro atoms. The minimum atomic E-state index is -0.194. The lowest BCUT2D eigenvalue weighted by atomic mass is 10.1. The highest BCUT2D eigenvalue weighted by molar-refractivity contribution is 8.00. The van der Waals surface area contributed by atoms with Crippen molar-refractivity contribution in [2.45, 2.75) is 36.1 Å². The Balaban J connectivity index is 1.67. The average molecular weight is 349 g/mol. The van der Waals surface area contributed by atoms with Crippen LogP contribution in [0.3, 0.4) is 0 Å². The van der Waals surface area contributed by atoms with Gasteiger partial charge in [0.15, 0.2) is 0 Å². The molecule has 1 atom stereocenters. The second-order valence-corrected chi connectivity index (χ2v) is 7.64. The monoisotopic (exact) mass is 349 g/mol. The van der Waals surface area contributed by atoms with E-state index in [9.17, 15) is 4.79 Å². The van der Waals surface area contributed by atoms with Crippen molar-refractivity contribution in [2.75, 3.05) is 0 Å². The molecule has 1 unspecified atom stereocenters. The Morgan fingerprint density at radius 3 is 2.44 bits per heavy atom. The van der Waals surface area contributed by atoms with Crippen LogP contribution in [0.1, 0.15) is 19.8 Å². The minimum Gasteiger partial charge on any atom is -0.352 e. The number of nitrogens with zero attached hydrogens (tertiary/aromatic N) is 2. The van der Waals surface area contributed by atoms with E-state index in [0.29, 0.717) is 6.04 Å². The molecule has 1 saturated carbocycles. The molecule has 1 aliphatic carbocycles. The number of fused-ring (bicyclic) bond motifs is 1. The molecule has 1 heterocycles. The molecule has 2 aromatic carbocycles. The lowest BCUT2D eigenvalue weighted by Gasteiger charge is -2.13. The van der Waals surface area contributed by atoms with Crippen molar-refractivity contribution < 1.29 is 4.79 Å². The van der Waals surface area contributed by atoms with E-state index in [0.717, 1.165) is 39.9 Å². The number of thioether (sulfide) groups is 1. The molecule has 4 nitrogen and oxygen atoms in total. The molecule has 1 aromatic heterocycles. The number of benzene rings is 2. The van der Waals surface area contributed by atoms with Crippen molar-refractivity contribution in [3.8, 4) is 11.3 Å². The SMILES string of the molecule is CC(Sc1nnc(-c2ccccc2)c2ccccc12)C(=O)NC1CC1. The number of carbonyl (C=O) groups excluding carboxylic acids is 1. The molecule has 1 N–H and O–H groups in total. The summed E-state index contributed by atoms with van der Waals surface area (Å²) in [6, 6.07) is 18.5. The lowest BCUT2D eigenvalue weighted by molar-refractivity contribution is -0.120. The van der Waals surface area contributed by atoms with Gasteiger partial charge in [-0.25, -0.2) is 0 Å². The van der Waals surface area contributed by atoms with E-state index in [2.05, 4.69) is 21.6 Å². The summed E-state index contributed by atoms with van der Waals surface area (Å²) in [4.78, 5) is 12.2. The first-order valence-corrected chi connectivity index (χ1v) is 9.38. The molecule has 0 radical (unpaired) electrons. The molecule has 0 bridgehead atoms. The van der Waals surface area contributed by atoms with Crippen LogP contribution in [0.5, 0.6) is 0 Å². The van der Waals surface area contributed by atoms with Crippen LogP contribution >= 0.6 is 11.8 Å². The van der Waals surface area contributed by atoms with Gasteiger partial charge in [-0.15, -0.1) is 10.2 Å². The van der Waals surface area contributed by atoms with Gasteiger partial charge in [0.25, 0.3) is 0 Å². The van der Waals surface area contributed by atoms with Gasteiger partial charge in [-0.1, -0.05) is 66.4 Å². The van der Waals surface area contributed by atoms with Gasteiger partial charge < -0.3 is 5.32 Å². The smallest absolute Gasteiger partial charge is 0.233 e. The van der Waals surface area contributed by atoms with E-state index in [1.54, 1.807) is 0 Å². The topological polar surface area (TPSA) is 54.9 Å². The molecule has 3 aromatic rings. The zero-order valence-electron chi connectivity index (χ0n) is 14.0. The summed E-state index contributed by atoms with van der Waals surface area (Å²) in [5, 5.41) is 14.6. The largest absolute Gasteiger partial charge is 0.352 e. The van der Waals surface area contributed by atoms with Crippen LogP contribution < -0.4 is 5.32 Å². The Labute approximate surface area is 151 Å². The summed E-state index contributed by atoms with van der Waals surface area (Å²) < 4.78 is 0. The zero-order valence-corrected chi connectivity index (χ0v) is 14.8. The molecular formula is C20H19N3OS. The van der Waals surface area contributed by atoms with E-state index < -0.39 is 0 Å². The van der Waals surface area contributed by atoms with Gasteiger partial charge >= 0.3 is 0 Å². The molecular weight excluding hydrogens is 330 g/mol. The van der Waals surface area contributed by atoms with Gasteiger partial charge in [0, 0.05) is 22.4 Å². The Hall–Kier alpha value is -2.40. The van der Waals surface area contributed by atoms with E-state index in [4.69, 9.17) is 0 Å². The molecule has 1 aliphatic rings. The summed E-state index contributed by atoms with van der Waals surface area (Å²) in [6.45, 7) is 1.92. The molecule has 0 aliphatic heterocycles.